The van der Waals surface area contributed by atoms with Gasteiger partial charge in [0.05, 0.1) is 22.7 Å². The first-order chi connectivity index (χ1) is 12.8. The van der Waals surface area contributed by atoms with E-state index in [-0.39, 0.29) is 18.2 Å². The van der Waals surface area contributed by atoms with Gasteiger partial charge in [0.25, 0.3) is 0 Å². The molecule has 7 nitrogen and oxygen atoms in total. The number of carbonyl (C=O) groups excluding carboxylic acids is 2. The van der Waals surface area contributed by atoms with Crippen LogP contribution in [0, 0.1) is 5.92 Å². The van der Waals surface area contributed by atoms with Crippen molar-refractivity contribution in [3.8, 4) is 11.3 Å². The van der Waals surface area contributed by atoms with Gasteiger partial charge in [-0.15, -0.1) is 0 Å². The zero-order chi connectivity index (χ0) is 19.6. The molecule has 2 heterocycles. The number of nitrogens with one attached hydrogen (secondary N) is 1. The number of thiazole rings is 1. The number of anilines is 1. The molecule has 1 fully saturated rings. The molecule has 1 aromatic heterocycles. The van der Waals surface area contributed by atoms with Gasteiger partial charge in [-0.05, 0) is 12.8 Å². The molecule has 1 N–H and O–H groups in total. The molecule has 0 radical (unpaired) electrons. The van der Waals surface area contributed by atoms with E-state index >= 15 is 0 Å². The summed E-state index contributed by atoms with van der Waals surface area (Å²) >= 11 is 1.14. The Labute approximate surface area is 162 Å². The third-order valence-corrected chi connectivity index (χ3v) is 6.79. The second-order valence-corrected chi connectivity index (χ2v) is 9.55. The van der Waals surface area contributed by atoms with Crippen molar-refractivity contribution in [3.63, 3.8) is 0 Å². The van der Waals surface area contributed by atoms with E-state index in [0.29, 0.717) is 35.1 Å². The van der Waals surface area contributed by atoms with Crippen molar-refractivity contribution >= 4 is 38.2 Å². The van der Waals surface area contributed by atoms with Crippen LogP contribution in [0.2, 0.25) is 0 Å². The van der Waals surface area contributed by atoms with Crippen LogP contribution in [-0.4, -0.2) is 48.7 Å². The van der Waals surface area contributed by atoms with Crippen molar-refractivity contribution in [2.75, 3.05) is 24.7 Å². The summed E-state index contributed by atoms with van der Waals surface area (Å²) in [6.07, 6.45) is 2.41. The molecule has 1 saturated heterocycles. The van der Waals surface area contributed by atoms with E-state index in [1.165, 1.54) is 11.2 Å². The Balaban J connectivity index is 1.79. The monoisotopic (exact) mass is 407 g/mol. The number of carbonyl (C=O) groups is 2. The Morgan fingerprint density at radius 3 is 2.59 bits per heavy atom. The molecule has 0 spiro atoms. The first-order valence-electron chi connectivity index (χ1n) is 8.59. The van der Waals surface area contributed by atoms with E-state index in [9.17, 15) is 18.0 Å². The van der Waals surface area contributed by atoms with Crippen LogP contribution in [0.4, 0.5) is 5.13 Å². The Hall–Kier alpha value is -2.10. The number of rotatable bonds is 5. The fraction of sp³-hybridized carbons (Fsp3) is 0.389. The van der Waals surface area contributed by atoms with Gasteiger partial charge in [0, 0.05) is 25.6 Å². The highest BCUT2D eigenvalue weighted by Crippen LogP contribution is 2.32. The highest BCUT2D eigenvalue weighted by Gasteiger charge is 2.31. The Kier molecular flexibility index (Phi) is 5.73. The van der Waals surface area contributed by atoms with E-state index in [1.54, 1.807) is 0 Å². The van der Waals surface area contributed by atoms with Crippen molar-refractivity contribution in [3.05, 3.63) is 35.2 Å². The molecule has 144 valence electrons. The lowest BCUT2D eigenvalue weighted by molar-refractivity contribution is -0.120. The number of ketones is 1. The number of amides is 1. The highest BCUT2D eigenvalue weighted by atomic mass is 32.2. The van der Waals surface area contributed by atoms with Gasteiger partial charge in [-0.2, -0.15) is 0 Å². The summed E-state index contributed by atoms with van der Waals surface area (Å²) in [6.45, 7) is 2.07. The van der Waals surface area contributed by atoms with Gasteiger partial charge >= 0.3 is 0 Å². The maximum Gasteiger partial charge on any atom is 0.230 e. The minimum atomic E-state index is -3.32. The number of hydrogen-bond acceptors (Lipinski definition) is 6. The predicted octanol–water partition coefficient (Wildman–Crippen LogP) is 2.62. The molecule has 0 unspecified atom stereocenters. The van der Waals surface area contributed by atoms with Crippen molar-refractivity contribution in [1.82, 2.24) is 9.29 Å². The molecular formula is C18H21N3O4S2. The molecule has 1 aromatic carbocycles. The van der Waals surface area contributed by atoms with Crippen LogP contribution < -0.4 is 5.32 Å². The predicted molar refractivity (Wildman–Crippen MR) is 105 cm³/mol. The first kappa shape index (κ1) is 19.7. The van der Waals surface area contributed by atoms with Gasteiger partial charge in [0.15, 0.2) is 10.9 Å². The molecule has 0 aliphatic carbocycles. The molecule has 1 aliphatic rings. The topological polar surface area (TPSA) is 96.4 Å². The zero-order valence-corrected chi connectivity index (χ0v) is 16.8. The number of Topliss-reactive ketones (excluding diaryl/α,β-unsaturated/α-hetero) is 1. The summed E-state index contributed by atoms with van der Waals surface area (Å²) in [4.78, 5) is 29.5. The van der Waals surface area contributed by atoms with Crippen molar-refractivity contribution < 1.29 is 18.0 Å². The number of nitrogens with zero attached hydrogens (tertiary/aromatic N) is 2. The molecular weight excluding hydrogens is 386 g/mol. The lowest BCUT2D eigenvalue weighted by Crippen LogP contribution is -2.43. The van der Waals surface area contributed by atoms with E-state index in [4.69, 9.17) is 0 Å². The van der Waals surface area contributed by atoms with Crippen LogP contribution in [0.3, 0.4) is 0 Å². The van der Waals surface area contributed by atoms with Gasteiger partial charge in [0.2, 0.25) is 15.9 Å². The third kappa shape index (κ3) is 4.60. The Morgan fingerprint density at radius 1 is 1.26 bits per heavy atom. The molecule has 27 heavy (non-hydrogen) atoms. The molecule has 0 saturated carbocycles. The average molecular weight is 408 g/mol. The molecule has 2 aromatic rings. The van der Waals surface area contributed by atoms with Crippen molar-refractivity contribution in [1.29, 1.82) is 0 Å². The number of sulfonamides is 1. The van der Waals surface area contributed by atoms with Crippen LogP contribution in [0.1, 0.15) is 29.4 Å². The fourth-order valence-corrected chi connectivity index (χ4v) is 4.87. The minimum absolute atomic E-state index is 0.118. The number of piperidine rings is 1. The van der Waals surface area contributed by atoms with E-state index in [0.717, 1.165) is 23.2 Å². The fourth-order valence-electron chi connectivity index (χ4n) is 3.07. The second kappa shape index (κ2) is 7.87. The third-order valence-electron chi connectivity index (χ3n) is 4.45. The van der Waals surface area contributed by atoms with Gasteiger partial charge in [0.1, 0.15) is 0 Å². The Bertz CT molecular complexity index is 954. The maximum absolute atomic E-state index is 12.6. The lowest BCUT2D eigenvalue weighted by Gasteiger charge is -2.29. The summed E-state index contributed by atoms with van der Waals surface area (Å²) in [5.41, 5.74) is 1.35. The Morgan fingerprint density at radius 2 is 1.96 bits per heavy atom. The van der Waals surface area contributed by atoms with E-state index in [2.05, 4.69) is 10.3 Å². The van der Waals surface area contributed by atoms with Crippen LogP contribution in [0.25, 0.3) is 11.3 Å². The average Bonchev–Trinajstić information content (AvgIpc) is 3.06. The number of hydrogen-bond donors (Lipinski definition) is 1. The molecule has 3 rings (SSSR count). The smallest absolute Gasteiger partial charge is 0.230 e. The quantitative estimate of drug-likeness (QED) is 0.769. The summed E-state index contributed by atoms with van der Waals surface area (Å²) in [5.74, 6) is -0.821. The van der Waals surface area contributed by atoms with Crippen LogP contribution >= 0.6 is 11.3 Å². The standard InChI is InChI=1S/C18H21N3O4S2/c1-12(22)16-15(13-7-4-3-5-8-13)19-18(26-16)20-17(23)14-9-6-10-21(11-14)27(2,24)25/h3-5,7-8,14H,6,9-11H2,1-2H3,(H,19,20,23)/t14-/m1/s1. The van der Waals surface area contributed by atoms with Gasteiger partial charge in [-0.1, -0.05) is 41.7 Å². The SMILES string of the molecule is CC(=O)c1sc(NC(=O)[C@@H]2CCCN(S(C)(=O)=O)C2)nc1-c1ccccc1. The molecule has 1 atom stereocenters. The summed E-state index contributed by atoms with van der Waals surface area (Å²) < 4.78 is 24.8. The number of aromatic nitrogens is 1. The first-order valence-corrected chi connectivity index (χ1v) is 11.3. The van der Waals surface area contributed by atoms with Gasteiger partial charge in [-0.25, -0.2) is 17.7 Å². The zero-order valence-electron chi connectivity index (χ0n) is 15.1. The largest absolute Gasteiger partial charge is 0.302 e. The normalized spacial score (nSPS) is 18.2. The summed E-state index contributed by atoms with van der Waals surface area (Å²) in [7, 11) is -3.32. The number of benzene rings is 1. The van der Waals surface area contributed by atoms with Crippen LogP contribution in [0.5, 0.6) is 0 Å². The molecule has 1 amide bonds. The summed E-state index contributed by atoms with van der Waals surface area (Å²) in [5, 5.41) is 3.11. The summed E-state index contributed by atoms with van der Waals surface area (Å²) in [6, 6.07) is 9.32. The van der Waals surface area contributed by atoms with Gasteiger partial charge in [-0.3, -0.25) is 9.59 Å². The minimum Gasteiger partial charge on any atom is -0.302 e. The van der Waals surface area contributed by atoms with Crippen LogP contribution in [-0.2, 0) is 14.8 Å². The maximum atomic E-state index is 12.6. The molecule has 0 bridgehead atoms. The van der Waals surface area contributed by atoms with Crippen molar-refractivity contribution in [2.45, 2.75) is 19.8 Å². The molecule has 9 heteroatoms. The van der Waals surface area contributed by atoms with E-state index < -0.39 is 15.9 Å². The second-order valence-electron chi connectivity index (χ2n) is 6.57. The van der Waals surface area contributed by atoms with Crippen LogP contribution in [0.15, 0.2) is 30.3 Å². The highest BCUT2D eigenvalue weighted by molar-refractivity contribution is 7.88. The van der Waals surface area contributed by atoms with E-state index in [1.807, 2.05) is 30.3 Å². The lowest BCUT2D eigenvalue weighted by atomic mass is 9.99. The van der Waals surface area contributed by atoms with Crippen molar-refractivity contribution in [2.24, 2.45) is 5.92 Å². The van der Waals surface area contributed by atoms with Gasteiger partial charge < -0.3 is 5.32 Å². The molecule has 1 aliphatic heterocycles.